The summed E-state index contributed by atoms with van der Waals surface area (Å²) < 4.78 is 1.04. The van der Waals surface area contributed by atoms with Crippen molar-refractivity contribution in [2.45, 2.75) is 13.3 Å². The minimum Gasteiger partial charge on any atom is -0.369 e. The topological polar surface area (TPSA) is 54.0 Å². The molecule has 1 heterocycles. The third kappa shape index (κ3) is 3.44. The van der Waals surface area contributed by atoms with E-state index in [2.05, 4.69) is 31.5 Å². The summed E-state index contributed by atoms with van der Waals surface area (Å²) in [6, 6.07) is 7.96. The van der Waals surface area contributed by atoms with Crippen molar-refractivity contribution >= 4 is 38.4 Å². The molecule has 19 heavy (non-hydrogen) atoms. The predicted molar refractivity (Wildman–Crippen MR) is 81.2 cm³/mol. The number of nitrogens with one attached hydrogen (secondary N) is 2. The zero-order valence-electron chi connectivity index (χ0n) is 10.7. The van der Waals surface area contributed by atoms with Crippen LogP contribution >= 0.6 is 15.9 Å². The molecule has 0 saturated heterocycles. The molecule has 2 aromatic rings. The first-order valence-corrected chi connectivity index (χ1v) is 7.05. The van der Waals surface area contributed by atoms with Gasteiger partial charge in [0.05, 0.1) is 0 Å². The van der Waals surface area contributed by atoms with E-state index < -0.39 is 0 Å². The van der Waals surface area contributed by atoms with Crippen LogP contribution in [0.25, 0.3) is 10.8 Å². The van der Waals surface area contributed by atoms with Crippen LogP contribution < -0.4 is 10.6 Å². The first kappa shape index (κ1) is 13.8. The number of hydrogen-bond donors (Lipinski definition) is 2. The first-order chi connectivity index (χ1) is 9.22. The van der Waals surface area contributed by atoms with E-state index in [1.165, 1.54) is 0 Å². The zero-order valence-corrected chi connectivity index (χ0v) is 12.3. The highest BCUT2D eigenvalue weighted by molar-refractivity contribution is 9.10. The first-order valence-electron chi connectivity index (χ1n) is 6.26. The van der Waals surface area contributed by atoms with Gasteiger partial charge in [-0.15, -0.1) is 0 Å². The maximum absolute atomic E-state index is 11.4. The quantitative estimate of drug-likeness (QED) is 0.890. The Hall–Kier alpha value is -1.62. The van der Waals surface area contributed by atoms with Gasteiger partial charge in [-0.25, -0.2) is 4.98 Å². The second-order valence-electron chi connectivity index (χ2n) is 4.12. The molecule has 0 fully saturated rings. The molecular weight excluding hydrogens is 306 g/mol. The van der Waals surface area contributed by atoms with Crippen molar-refractivity contribution in [3.63, 3.8) is 0 Å². The minimum absolute atomic E-state index is 0.0522. The van der Waals surface area contributed by atoms with Crippen molar-refractivity contribution in [1.82, 2.24) is 10.3 Å². The van der Waals surface area contributed by atoms with Gasteiger partial charge in [-0.2, -0.15) is 0 Å². The summed E-state index contributed by atoms with van der Waals surface area (Å²) in [6.07, 6.45) is 2.21. The Kier molecular flexibility index (Phi) is 4.74. The van der Waals surface area contributed by atoms with Gasteiger partial charge >= 0.3 is 0 Å². The van der Waals surface area contributed by atoms with Crippen LogP contribution in [0.4, 0.5) is 5.82 Å². The van der Waals surface area contributed by atoms with Gasteiger partial charge in [0, 0.05) is 41.0 Å². The summed E-state index contributed by atoms with van der Waals surface area (Å²) in [5.41, 5.74) is 0. The SMILES string of the molecule is CCNC(=O)CCNc1nccc2c(Br)cccc12. The molecule has 0 bridgehead atoms. The standard InChI is InChI=1S/C14H16BrN3O/c1-2-16-13(19)7-9-18-14-11-4-3-5-12(15)10(11)6-8-17-14/h3-6,8H,2,7,9H2,1H3,(H,16,19)(H,17,18). The molecule has 100 valence electrons. The molecule has 0 aliphatic rings. The number of amides is 1. The van der Waals surface area contributed by atoms with Crippen LogP contribution in [-0.2, 0) is 4.79 Å². The van der Waals surface area contributed by atoms with Crippen molar-refractivity contribution in [2.24, 2.45) is 0 Å². The second-order valence-corrected chi connectivity index (χ2v) is 4.98. The van der Waals surface area contributed by atoms with Gasteiger partial charge in [-0.05, 0) is 19.1 Å². The second kappa shape index (κ2) is 6.52. The number of rotatable bonds is 5. The molecule has 4 nitrogen and oxygen atoms in total. The van der Waals surface area contributed by atoms with Crippen LogP contribution in [0, 0.1) is 0 Å². The Morgan fingerprint density at radius 1 is 1.32 bits per heavy atom. The van der Waals surface area contributed by atoms with Gasteiger partial charge in [0.2, 0.25) is 5.91 Å². The lowest BCUT2D eigenvalue weighted by atomic mass is 10.1. The molecule has 1 amide bonds. The van der Waals surface area contributed by atoms with E-state index in [0.717, 1.165) is 21.1 Å². The fraction of sp³-hybridized carbons (Fsp3) is 0.286. The highest BCUT2D eigenvalue weighted by Gasteiger charge is 2.05. The summed E-state index contributed by atoms with van der Waals surface area (Å²) in [6.45, 7) is 3.15. The normalized spacial score (nSPS) is 10.4. The maximum Gasteiger partial charge on any atom is 0.221 e. The molecule has 1 aromatic heterocycles. The van der Waals surface area contributed by atoms with Crippen LogP contribution in [0.2, 0.25) is 0 Å². The summed E-state index contributed by atoms with van der Waals surface area (Å²) in [5, 5.41) is 8.14. The minimum atomic E-state index is 0.0522. The number of aromatic nitrogens is 1. The number of nitrogens with zero attached hydrogens (tertiary/aromatic N) is 1. The van der Waals surface area contributed by atoms with Crippen LogP contribution in [-0.4, -0.2) is 24.0 Å². The smallest absolute Gasteiger partial charge is 0.221 e. The molecule has 0 aliphatic carbocycles. The highest BCUT2D eigenvalue weighted by atomic mass is 79.9. The van der Waals surface area contributed by atoms with E-state index in [1.807, 2.05) is 31.2 Å². The number of carbonyl (C=O) groups is 1. The van der Waals surface area contributed by atoms with Gasteiger partial charge in [0.15, 0.2) is 0 Å². The molecule has 0 radical (unpaired) electrons. The van der Waals surface area contributed by atoms with Crippen LogP contribution in [0.15, 0.2) is 34.9 Å². The van der Waals surface area contributed by atoms with E-state index in [0.29, 0.717) is 19.5 Å². The van der Waals surface area contributed by atoms with Crippen molar-refractivity contribution in [1.29, 1.82) is 0 Å². The van der Waals surface area contributed by atoms with Crippen LogP contribution in [0.1, 0.15) is 13.3 Å². The Balaban J connectivity index is 2.09. The van der Waals surface area contributed by atoms with Crippen molar-refractivity contribution in [3.8, 4) is 0 Å². The molecule has 2 N–H and O–H groups in total. The van der Waals surface area contributed by atoms with Crippen molar-refractivity contribution in [3.05, 3.63) is 34.9 Å². The number of halogens is 1. The monoisotopic (exact) mass is 321 g/mol. The number of fused-ring (bicyclic) bond motifs is 1. The van der Waals surface area contributed by atoms with Gasteiger partial charge in [-0.1, -0.05) is 28.1 Å². The zero-order chi connectivity index (χ0) is 13.7. The number of pyridine rings is 1. The molecule has 0 unspecified atom stereocenters. The van der Waals surface area contributed by atoms with Crippen molar-refractivity contribution < 1.29 is 4.79 Å². The summed E-state index contributed by atoms with van der Waals surface area (Å²) in [5.74, 6) is 0.861. The van der Waals surface area contributed by atoms with E-state index in [-0.39, 0.29) is 5.91 Å². The summed E-state index contributed by atoms with van der Waals surface area (Å²) in [7, 11) is 0. The van der Waals surface area contributed by atoms with E-state index in [4.69, 9.17) is 0 Å². The fourth-order valence-corrected chi connectivity index (χ4v) is 2.39. The average molecular weight is 322 g/mol. The van der Waals surface area contributed by atoms with Crippen LogP contribution in [0.5, 0.6) is 0 Å². The van der Waals surface area contributed by atoms with E-state index in [1.54, 1.807) is 6.20 Å². The molecule has 0 saturated carbocycles. The maximum atomic E-state index is 11.4. The lowest BCUT2D eigenvalue weighted by Crippen LogP contribution is -2.24. The Bertz CT molecular complexity index is 586. The Morgan fingerprint density at radius 3 is 2.95 bits per heavy atom. The average Bonchev–Trinajstić information content (AvgIpc) is 2.40. The van der Waals surface area contributed by atoms with E-state index in [9.17, 15) is 4.79 Å². The van der Waals surface area contributed by atoms with Gasteiger partial charge < -0.3 is 10.6 Å². The largest absolute Gasteiger partial charge is 0.369 e. The van der Waals surface area contributed by atoms with Gasteiger partial charge in [-0.3, -0.25) is 4.79 Å². The van der Waals surface area contributed by atoms with Gasteiger partial charge in [0.1, 0.15) is 5.82 Å². The Labute approximate surface area is 120 Å². The number of anilines is 1. The van der Waals surface area contributed by atoms with Crippen LogP contribution in [0.3, 0.4) is 0 Å². The van der Waals surface area contributed by atoms with Crippen molar-refractivity contribution in [2.75, 3.05) is 18.4 Å². The number of carbonyl (C=O) groups excluding carboxylic acids is 1. The fourth-order valence-electron chi connectivity index (χ4n) is 1.89. The third-order valence-corrected chi connectivity index (χ3v) is 3.46. The molecule has 0 aliphatic heterocycles. The predicted octanol–water partition coefficient (Wildman–Crippen LogP) is 2.94. The lowest BCUT2D eigenvalue weighted by molar-refractivity contribution is -0.120. The van der Waals surface area contributed by atoms with Gasteiger partial charge in [0.25, 0.3) is 0 Å². The molecule has 0 spiro atoms. The molecule has 5 heteroatoms. The lowest BCUT2D eigenvalue weighted by Gasteiger charge is -2.09. The Morgan fingerprint density at radius 2 is 2.16 bits per heavy atom. The number of hydrogen-bond acceptors (Lipinski definition) is 3. The van der Waals surface area contributed by atoms with E-state index >= 15 is 0 Å². The summed E-state index contributed by atoms with van der Waals surface area (Å²) >= 11 is 3.52. The number of benzene rings is 1. The molecule has 1 aromatic carbocycles. The molecule has 0 atom stereocenters. The third-order valence-electron chi connectivity index (χ3n) is 2.77. The molecule has 2 rings (SSSR count). The summed E-state index contributed by atoms with van der Waals surface area (Å²) in [4.78, 5) is 15.7. The molecular formula is C14H16BrN3O. The highest BCUT2D eigenvalue weighted by Crippen LogP contribution is 2.27.